The second kappa shape index (κ2) is 10.1. The van der Waals surface area contributed by atoms with E-state index in [0.717, 1.165) is 37.2 Å². The Balaban J connectivity index is 1.59. The summed E-state index contributed by atoms with van der Waals surface area (Å²) in [4.78, 5) is 15.2. The number of amides is 1. The summed E-state index contributed by atoms with van der Waals surface area (Å²) in [7, 11) is -3.72. The Bertz CT molecular complexity index is 966. The first-order valence-electron chi connectivity index (χ1n) is 10.6. The van der Waals surface area contributed by atoms with Crippen LogP contribution in [0.5, 0.6) is 0 Å². The highest BCUT2D eigenvalue weighted by atomic mass is 32.2. The average Bonchev–Trinajstić information content (AvgIpc) is 2.73. The molecule has 1 saturated heterocycles. The Morgan fingerprint density at radius 1 is 1.00 bits per heavy atom. The van der Waals surface area contributed by atoms with E-state index in [4.69, 9.17) is 0 Å². The molecule has 0 radical (unpaired) electrons. The van der Waals surface area contributed by atoms with Crippen LogP contribution in [0.1, 0.15) is 47.2 Å². The van der Waals surface area contributed by atoms with Crippen LogP contribution in [0.2, 0.25) is 0 Å². The van der Waals surface area contributed by atoms with Crippen molar-refractivity contribution in [1.29, 1.82) is 0 Å². The predicted molar refractivity (Wildman–Crippen MR) is 120 cm³/mol. The minimum atomic E-state index is -3.72. The van der Waals surface area contributed by atoms with Gasteiger partial charge in [-0.15, -0.1) is 0 Å². The van der Waals surface area contributed by atoms with E-state index < -0.39 is 10.0 Å². The quantitative estimate of drug-likeness (QED) is 0.627. The number of carbonyl (C=O) groups excluding carboxylic acids is 1. The number of sulfonamides is 1. The summed E-state index contributed by atoms with van der Waals surface area (Å²) in [5.74, 6) is -0.190. The van der Waals surface area contributed by atoms with Crippen molar-refractivity contribution in [3.63, 3.8) is 0 Å². The molecule has 1 heterocycles. The van der Waals surface area contributed by atoms with Crippen LogP contribution in [0, 0.1) is 13.8 Å². The maximum absolute atomic E-state index is 12.7. The number of hydrogen-bond donors (Lipinski definition) is 2. The number of aryl methyl sites for hydroxylation is 2. The van der Waals surface area contributed by atoms with Gasteiger partial charge in [0.2, 0.25) is 0 Å². The Labute approximate surface area is 179 Å². The van der Waals surface area contributed by atoms with Gasteiger partial charge in [0.25, 0.3) is 15.9 Å². The lowest BCUT2D eigenvalue weighted by Gasteiger charge is -2.26. The van der Waals surface area contributed by atoms with Crippen molar-refractivity contribution in [1.82, 2.24) is 10.2 Å². The lowest BCUT2D eigenvalue weighted by atomic mass is 10.1. The van der Waals surface area contributed by atoms with Crippen molar-refractivity contribution < 1.29 is 13.2 Å². The van der Waals surface area contributed by atoms with Crippen LogP contribution in [0.4, 0.5) is 5.69 Å². The summed E-state index contributed by atoms with van der Waals surface area (Å²) in [6.45, 7) is 7.62. The summed E-state index contributed by atoms with van der Waals surface area (Å²) in [6.07, 6.45) is 4.75. The van der Waals surface area contributed by atoms with Crippen LogP contribution in [-0.4, -0.2) is 45.4 Å². The molecule has 3 rings (SSSR count). The van der Waals surface area contributed by atoms with E-state index in [9.17, 15) is 13.2 Å². The zero-order valence-electron chi connectivity index (χ0n) is 17.8. The SMILES string of the molecule is Cc1ccc(S(=O)(=O)Nc2cc(C(=O)NCCCN3CCCCC3)ccc2C)cc1. The van der Waals surface area contributed by atoms with Gasteiger partial charge in [0.15, 0.2) is 0 Å². The highest BCUT2D eigenvalue weighted by Crippen LogP contribution is 2.21. The normalized spacial score (nSPS) is 15.0. The molecule has 1 amide bonds. The van der Waals surface area contributed by atoms with Crippen molar-refractivity contribution in [2.24, 2.45) is 0 Å². The summed E-state index contributed by atoms with van der Waals surface area (Å²) < 4.78 is 28.0. The van der Waals surface area contributed by atoms with Gasteiger partial charge >= 0.3 is 0 Å². The summed E-state index contributed by atoms with van der Waals surface area (Å²) in [5, 5.41) is 2.94. The maximum Gasteiger partial charge on any atom is 0.261 e. The summed E-state index contributed by atoms with van der Waals surface area (Å²) >= 11 is 0. The van der Waals surface area contributed by atoms with E-state index in [0.29, 0.717) is 17.8 Å². The van der Waals surface area contributed by atoms with Crippen molar-refractivity contribution in [2.45, 2.75) is 44.4 Å². The molecular formula is C23H31N3O3S. The van der Waals surface area contributed by atoms with Crippen molar-refractivity contribution in [2.75, 3.05) is 30.9 Å². The monoisotopic (exact) mass is 429 g/mol. The number of nitrogens with one attached hydrogen (secondary N) is 2. The minimum Gasteiger partial charge on any atom is -0.352 e. The van der Waals surface area contributed by atoms with Crippen LogP contribution >= 0.6 is 0 Å². The zero-order valence-corrected chi connectivity index (χ0v) is 18.6. The number of nitrogens with zero attached hydrogens (tertiary/aromatic N) is 1. The number of likely N-dealkylation sites (tertiary alicyclic amines) is 1. The lowest BCUT2D eigenvalue weighted by Crippen LogP contribution is -2.33. The molecule has 162 valence electrons. The van der Waals surface area contributed by atoms with Gasteiger partial charge in [-0.3, -0.25) is 9.52 Å². The van der Waals surface area contributed by atoms with Gasteiger partial charge in [-0.25, -0.2) is 8.42 Å². The molecule has 2 aromatic rings. The van der Waals surface area contributed by atoms with Gasteiger partial charge in [0, 0.05) is 12.1 Å². The van der Waals surface area contributed by atoms with E-state index in [1.807, 2.05) is 13.8 Å². The van der Waals surface area contributed by atoms with Crippen LogP contribution < -0.4 is 10.0 Å². The third-order valence-electron chi connectivity index (χ3n) is 5.46. The van der Waals surface area contributed by atoms with Crippen molar-refractivity contribution >= 4 is 21.6 Å². The van der Waals surface area contributed by atoms with E-state index in [-0.39, 0.29) is 10.8 Å². The Kier molecular flexibility index (Phi) is 7.50. The maximum atomic E-state index is 12.7. The molecule has 30 heavy (non-hydrogen) atoms. The molecule has 2 N–H and O–H groups in total. The second-order valence-corrected chi connectivity index (χ2v) is 9.64. The molecule has 0 bridgehead atoms. The molecule has 0 atom stereocenters. The molecule has 6 nitrogen and oxygen atoms in total. The molecule has 7 heteroatoms. The summed E-state index contributed by atoms with van der Waals surface area (Å²) in [6, 6.07) is 11.7. The molecular weight excluding hydrogens is 398 g/mol. The third-order valence-corrected chi connectivity index (χ3v) is 6.84. The van der Waals surface area contributed by atoms with E-state index >= 15 is 0 Å². The first kappa shape index (κ1) is 22.3. The van der Waals surface area contributed by atoms with Gasteiger partial charge in [0.05, 0.1) is 10.6 Å². The molecule has 1 aliphatic heterocycles. The number of carbonyl (C=O) groups is 1. The molecule has 0 aromatic heterocycles. The van der Waals surface area contributed by atoms with Gasteiger partial charge in [0.1, 0.15) is 0 Å². The topological polar surface area (TPSA) is 78.5 Å². The smallest absolute Gasteiger partial charge is 0.261 e. The van der Waals surface area contributed by atoms with E-state index in [1.165, 1.54) is 19.3 Å². The Morgan fingerprint density at radius 2 is 1.70 bits per heavy atom. The number of hydrogen-bond acceptors (Lipinski definition) is 4. The molecule has 1 fully saturated rings. The van der Waals surface area contributed by atoms with Gasteiger partial charge in [-0.2, -0.15) is 0 Å². The van der Waals surface area contributed by atoms with Crippen LogP contribution in [0.3, 0.4) is 0 Å². The zero-order chi connectivity index (χ0) is 21.6. The van der Waals surface area contributed by atoms with Gasteiger partial charge < -0.3 is 10.2 Å². The van der Waals surface area contributed by atoms with E-state index in [1.54, 1.807) is 42.5 Å². The number of rotatable bonds is 8. The molecule has 0 aliphatic carbocycles. The van der Waals surface area contributed by atoms with Crippen LogP contribution in [0.15, 0.2) is 47.4 Å². The highest BCUT2D eigenvalue weighted by molar-refractivity contribution is 7.92. The van der Waals surface area contributed by atoms with Crippen molar-refractivity contribution in [3.05, 3.63) is 59.2 Å². The first-order chi connectivity index (χ1) is 14.3. The fourth-order valence-corrected chi connectivity index (χ4v) is 4.71. The Morgan fingerprint density at radius 3 is 2.40 bits per heavy atom. The van der Waals surface area contributed by atoms with Crippen molar-refractivity contribution in [3.8, 4) is 0 Å². The Hall–Kier alpha value is -2.38. The van der Waals surface area contributed by atoms with E-state index in [2.05, 4.69) is 14.9 Å². The fourth-order valence-electron chi connectivity index (χ4n) is 3.58. The molecule has 0 unspecified atom stereocenters. The summed E-state index contributed by atoms with van der Waals surface area (Å²) in [5.41, 5.74) is 2.60. The molecule has 0 saturated carbocycles. The first-order valence-corrected chi connectivity index (χ1v) is 12.0. The molecule has 2 aromatic carbocycles. The largest absolute Gasteiger partial charge is 0.352 e. The van der Waals surface area contributed by atoms with Gasteiger partial charge in [-0.1, -0.05) is 30.2 Å². The van der Waals surface area contributed by atoms with Crippen LogP contribution in [0.25, 0.3) is 0 Å². The fraction of sp³-hybridized carbons (Fsp3) is 0.435. The van der Waals surface area contributed by atoms with Gasteiger partial charge in [-0.05, 0) is 82.6 Å². The van der Waals surface area contributed by atoms with Crippen LogP contribution in [-0.2, 0) is 10.0 Å². The standard InChI is InChI=1S/C23H31N3O3S/c1-18-7-11-21(12-8-18)30(28,29)25-22-17-20(10-9-19(22)2)23(27)24-13-6-16-26-14-4-3-5-15-26/h7-12,17,25H,3-6,13-16H2,1-2H3,(H,24,27). The second-order valence-electron chi connectivity index (χ2n) is 7.96. The highest BCUT2D eigenvalue weighted by Gasteiger charge is 2.17. The number of piperidine rings is 1. The molecule has 1 aliphatic rings. The third kappa shape index (κ3) is 6.06. The predicted octanol–water partition coefficient (Wildman–Crippen LogP) is 3.71. The average molecular weight is 430 g/mol. The number of benzene rings is 2. The molecule has 0 spiro atoms. The minimum absolute atomic E-state index is 0.190. The number of anilines is 1. The lowest BCUT2D eigenvalue weighted by molar-refractivity contribution is 0.0951.